The molecule has 2 rings (SSSR count). The van der Waals surface area contributed by atoms with Crippen LogP contribution in [0.25, 0.3) is 0 Å². The van der Waals surface area contributed by atoms with Gasteiger partial charge < -0.3 is 9.47 Å². The molecule has 0 aliphatic carbocycles. The highest BCUT2D eigenvalue weighted by Crippen LogP contribution is 2.49. The van der Waals surface area contributed by atoms with Gasteiger partial charge in [-0.3, -0.25) is 23.2 Å². The molecule has 4 unspecified atom stereocenters. The lowest BCUT2D eigenvalue weighted by Crippen LogP contribution is -2.37. The minimum Gasteiger partial charge on any atom is -0.465 e. The molecule has 2 saturated heterocycles. The lowest BCUT2D eigenvalue weighted by atomic mass is 9.80. The van der Waals surface area contributed by atoms with E-state index < -0.39 is 30.9 Å². The third-order valence-electron chi connectivity index (χ3n) is 4.41. The van der Waals surface area contributed by atoms with Crippen molar-refractivity contribution in [1.82, 2.24) is 0 Å². The molecule has 4 atom stereocenters. The zero-order valence-corrected chi connectivity index (χ0v) is 16.7. The number of phosphoric ester groups is 1. The van der Waals surface area contributed by atoms with Crippen LogP contribution in [-0.2, 0) is 37.2 Å². The fraction of sp³-hybridized carbons (Fsp3) is 0.875. The summed E-state index contributed by atoms with van der Waals surface area (Å²) in [6.45, 7) is 4.18. The summed E-state index contributed by atoms with van der Waals surface area (Å²) >= 11 is 5.62. The predicted molar refractivity (Wildman–Crippen MR) is 92.7 cm³/mol. The van der Waals surface area contributed by atoms with Crippen molar-refractivity contribution in [3.05, 3.63) is 0 Å². The maximum atomic E-state index is 12.3. The van der Waals surface area contributed by atoms with Crippen molar-refractivity contribution >= 4 is 30.6 Å². The molecule has 2 bridgehead atoms. The molecule has 0 saturated carbocycles. The summed E-state index contributed by atoms with van der Waals surface area (Å²) in [5.41, 5.74) is 0. The van der Waals surface area contributed by atoms with E-state index in [9.17, 15) is 14.2 Å². The van der Waals surface area contributed by atoms with Gasteiger partial charge in [0.1, 0.15) is 0 Å². The second kappa shape index (κ2) is 10.2. The normalized spacial score (nSPS) is 27.7. The Morgan fingerprint density at radius 3 is 2.15 bits per heavy atom. The summed E-state index contributed by atoms with van der Waals surface area (Å²) in [6.07, 6.45) is 1.96. The molecule has 0 amide bonds. The summed E-state index contributed by atoms with van der Waals surface area (Å²) in [5, 5.41) is -0.546. The van der Waals surface area contributed by atoms with Crippen molar-refractivity contribution in [1.29, 1.82) is 0 Å². The SMILES string of the molecule is CCOP(=O)(OCC)OCCCCOC(=O)C1C2CCC(O2)C1C(=O)Cl. The summed E-state index contributed by atoms with van der Waals surface area (Å²) in [4.78, 5) is 23.9. The van der Waals surface area contributed by atoms with Crippen LogP contribution in [0.5, 0.6) is 0 Å². The summed E-state index contributed by atoms with van der Waals surface area (Å²) in [5.74, 6) is -1.69. The van der Waals surface area contributed by atoms with Crippen LogP contribution in [0, 0.1) is 11.8 Å². The van der Waals surface area contributed by atoms with E-state index in [0.717, 1.165) is 12.8 Å². The average molecular weight is 413 g/mol. The molecule has 8 nitrogen and oxygen atoms in total. The van der Waals surface area contributed by atoms with Gasteiger partial charge in [-0.1, -0.05) is 0 Å². The van der Waals surface area contributed by atoms with Gasteiger partial charge in [-0.2, -0.15) is 0 Å². The molecule has 0 aromatic heterocycles. The van der Waals surface area contributed by atoms with Crippen molar-refractivity contribution in [2.45, 2.75) is 51.7 Å². The number of esters is 1. The van der Waals surface area contributed by atoms with Crippen LogP contribution in [0.1, 0.15) is 39.5 Å². The van der Waals surface area contributed by atoms with Crippen LogP contribution in [0.2, 0.25) is 0 Å². The Balaban J connectivity index is 1.67. The standard InChI is InChI=1S/C16H26ClO8P/c1-3-22-26(20,23-4-2)24-10-6-5-9-21-16(19)14-12-8-7-11(25-12)13(14)15(17)18/h11-14H,3-10H2,1-2H3. The zero-order chi connectivity index (χ0) is 19.2. The van der Waals surface area contributed by atoms with Gasteiger partial charge in [-0.15, -0.1) is 0 Å². The number of hydrogen-bond donors (Lipinski definition) is 0. The number of fused-ring (bicyclic) bond motifs is 2. The van der Waals surface area contributed by atoms with Gasteiger partial charge in [-0.25, -0.2) is 4.57 Å². The van der Waals surface area contributed by atoms with Crippen LogP contribution in [-0.4, -0.2) is 49.8 Å². The molecule has 0 aromatic rings. The van der Waals surface area contributed by atoms with Crippen LogP contribution >= 0.6 is 19.4 Å². The third-order valence-corrected chi connectivity index (χ3v) is 6.31. The van der Waals surface area contributed by atoms with E-state index in [4.69, 9.17) is 34.6 Å². The number of ether oxygens (including phenoxy) is 2. The first-order valence-corrected chi connectivity index (χ1v) is 10.8. The van der Waals surface area contributed by atoms with E-state index in [-0.39, 0.29) is 38.6 Å². The van der Waals surface area contributed by atoms with Crippen LogP contribution in [0.15, 0.2) is 0 Å². The van der Waals surface area contributed by atoms with Gasteiger partial charge in [0.05, 0.1) is 50.5 Å². The van der Waals surface area contributed by atoms with Crippen molar-refractivity contribution in [3.63, 3.8) is 0 Å². The highest BCUT2D eigenvalue weighted by Gasteiger charge is 2.55. The second-order valence-corrected chi connectivity index (χ2v) is 8.18. The molecule has 0 N–H and O–H groups in total. The highest BCUT2D eigenvalue weighted by molar-refractivity contribution is 7.48. The number of carbonyl (C=O) groups is 2. The number of unbranched alkanes of at least 4 members (excludes halogenated alkanes) is 1. The van der Waals surface area contributed by atoms with Crippen LogP contribution in [0.3, 0.4) is 0 Å². The number of halogens is 1. The minimum atomic E-state index is -3.51. The van der Waals surface area contributed by atoms with Crippen LogP contribution in [0.4, 0.5) is 0 Å². The Labute approximate surface area is 158 Å². The van der Waals surface area contributed by atoms with Crippen molar-refractivity contribution in [3.8, 4) is 0 Å². The molecule has 2 aliphatic heterocycles. The van der Waals surface area contributed by atoms with E-state index in [1.807, 2.05) is 0 Å². The zero-order valence-electron chi connectivity index (χ0n) is 15.1. The van der Waals surface area contributed by atoms with Crippen molar-refractivity contribution in [2.75, 3.05) is 26.4 Å². The Morgan fingerprint density at radius 1 is 1.00 bits per heavy atom. The van der Waals surface area contributed by atoms with Gasteiger partial charge >= 0.3 is 13.8 Å². The Hall–Kier alpha value is -0.500. The smallest absolute Gasteiger partial charge is 0.465 e. The molecule has 150 valence electrons. The fourth-order valence-electron chi connectivity index (χ4n) is 3.34. The fourth-order valence-corrected chi connectivity index (χ4v) is 4.83. The number of carbonyl (C=O) groups excluding carboxylic acids is 2. The topological polar surface area (TPSA) is 97.4 Å². The molecule has 10 heteroatoms. The average Bonchev–Trinajstić information content (AvgIpc) is 3.19. The largest absolute Gasteiger partial charge is 0.474 e. The number of hydrogen-bond acceptors (Lipinski definition) is 8. The lowest BCUT2D eigenvalue weighted by molar-refractivity contribution is -0.153. The van der Waals surface area contributed by atoms with Crippen LogP contribution < -0.4 is 0 Å². The van der Waals surface area contributed by atoms with Gasteiger partial charge in [0.25, 0.3) is 0 Å². The first kappa shape index (κ1) is 21.8. The Kier molecular flexibility index (Phi) is 8.51. The molecule has 2 heterocycles. The van der Waals surface area contributed by atoms with Gasteiger partial charge in [-0.05, 0) is 51.1 Å². The minimum absolute atomic E-state index is 0.162. The molecule has 2 fully saturated rings. The molecular formula is C16H26ClO8P. The predicted octanol–water partition coefficient (Wildman–Crippen LogP) is 3.07. The molecule has 2 aliphatic rings. The first-order valence-electron chi connectivity index (χ1n) is 8.97. The van der Waals surface area contributed by atoms with Gasteiger partial charge in [0.2, 0.25) is 5.24 Å². The molecule has 26 heavy (non-hydrogen) atoms. The number of phosphoric acid groups is 1. The monoisotopic (exact) mass is 412 g/mol. The van der Waals surface area contributed by atoms with E-state index in [0.29, 0.717) is 12.8 Å². The summed E-state index contributed by atoms with van der Waals surface area (Å²) in [7, 11) is -3.51. The van der Waals surface area contributed by atoms with Gasteiger partial charge in [0, 0.05) is 0 Å². The maximum absolute atomic E-state index is 12.3. The summed E-state index contributed by atoms with van der Waals surface area (Å²) < 4.78 is 38.2. The Morgan fingerprint density at radius 2 is 1.58 bits per heavy atom. The quantitative estimate of drug-likeness (QED) is 0.209. The molecular weight excluding hydrogens is 387 g/mol. The van der Waals surface area contributed by atoms with E-state index in [1.165, 1.54) is 0 Å². The van der Waals surface area contributed by atoms with E-state index >= 15 is 0 Å². The maximum Gasteiger partial charge on any atom is 0.474 e. The highest BCUT2D eigenvalue weighted by atomic mass is 35.5. The van der Waals surface area contributed by atoms with E-state index in [1.54, 1.807) is 13.8 Å². The Bertz CT molecular complexity index is 532. The van der Waals surface area contributed by atoms with Crippen molar-refractivity contribution < 1.29 is 37.2 Å². The first-order chi connectivity index (χ1) is 12.4. The second-order valence-electron chi connectivity index (χ2n) is 6.14. The molecule has 0 aromatic carbocycles. The number of rotatable bonds is 12. The molecule has 0 spiro atoms. The van der Waals surface area contributed by atoms with E-state index in [2.05, 4.69) is 0 Å². The lowest BCUT2D eigenvalue weighted by Gasteiger charge is -2.23. The molecule has 0 radical (unpaired) electrons. The summed E-state index contributed by atoms with van der Waals surface area (Å²) in [6, 6.07) is 0. The van der Waals surface area contributed by atoms with Crippen molar-refractivity contribution in [2.24, 2.45) is 11.8 Å². The third kappa shape index (κ3) is 5.50. The van der Waals surface area contributed by atoms with Gasteiger partial charge in [0.15, 0.2) is 0 Å².